The maximum atomic E-state index is 12.0. The summed E-state index contributed by atoms with van der Waals surface area (Å²) in [5, 5.41) is 4.43. The van der Waals surface area contributed by atoms with Crippen LogP contribution < -0.4 is 5.56 Å². The van der Waals surface area contributed by atoms with E-state index in [9.17, 15) is 4.79 Å². The average Bonchev–Trinajstić information content (AvgIpc) is 2.62. The number of hydrogen-bond acceptors (Lipinski definition) is 2. The number of aromatic nitrogens is 3. The molecule has 0 aliphatic carbocycles. The predicted octanol–water partition coefficient (Wildman–Crippen LogP) is 2.26. The van der Waals surface area contributed by atoms with Gasteiger partial charge in [0.05, 0.1) is 22.4 Å². The average molecular weight is 310 g/mol. The summed E-state index contributed by atoms with van der Waals surface area (Å²) in [4.78, 5) is 12.0. The molecule has 0 radical (unpaired) electrons. The van der Waals surface area contributed by atoms with E-state index in [4.69, 9.17) is 0 Å². The molecule has 2 aromatic heterocycles. The van der Waals surface area contributed by atoms with E-state index < -0.39 is 0 Å². The highest BCUT2D eigenvalue weighted by Crippen LogP contribution is 2.21. The molecular formula is C13H16BrN3O. The molecule has 0 N–H and O–H groups in total. The largest absolute Gasteiger partial charge is 0.309 e. The number of pyridine rings is 1. The van der Waals surface area contributed by atoms with Crippen molar-refractivity contribution in [2.24, 2.45) is 7.05 Å². The second kappa shape index (κ2) is 5.10. The minimum Gasteiger partial charge on any atom is -0.309 e. The van der Waals surface area contributed by atoms with Crippen molar-refractivity contribution in [1.29, 1.82) is 0 Å². The molecule has 2 aromatic rings. The molecule has 0 saturated heterocycles. The van der Waals surface area contributed by atoms with Gasteiger partial charge in [0.1, 0.15) is 0 Å². The van der Waals surface area contributed by atoms with Crippen LogP contribution in [0.5, 0.6) is 0 Å². The zero-order chi connectivity index (χ0) is 13.3. The Labute approximate surface area is 114 Å². The summed E-state index contributed by atoms with van der Waals surface area (Å²) in [5.74, 6) is 0. The van der Waals surface area contributed by atoms with Crippen molar-refractivity contribution in [1.82, 2.24) is 14.3 Å². The van der Waals surface area contributed by atoms with E-state index in [2.05, 4.69) is 28.0 Å². The Morgan fingerprint density at radius 2 is 2.17 bits per heavy atom. The molecule has 0 aliphatic heterocycles. The highest BCUT2D eigenvalue weighted by atomic mass is 79.9. The van der Waals surface area contributed by atoms with Gasteiger partial charge in [-0.15, -0.1) is 0 Å². The summed E-state index contributed by atoms with van der Waals surface area (Å²) in [6.07, 6.45) is 2.68. The van der Waals surface area contributed by atoms with Crippen LogP contribution in [0.15, 0.2) is 27.6 Å². The molecule has 0 aliphatic rings. The normalized spacial score (nSPS) is 10.9. The van der Waals surface area contributed by atoms with Gasteiger partial charge in [0.2, 0.25) is 0 Å². The first-order valence-corrected chi connectivity index (χ1v) is 6.70. The Bertz CT molecular complexity index is 628. The lowest BCUT2D eigenvalue weighted by Crippen LogP contribution is -2.22. The molecule has 0 amide bonds. The fourth-order valence-electron chi connectivity index (χ4n) is 1.93. The van der Waals surface area contributed by atoms with Crippen LogP contribution in [0.2, 0.25) is 0 Å². The van der Waals surface area contributed by atoms with Crippen LogP contribution in [0.1, 0.15) is 23.9 Å². The first kappa shape index (κ1) is 13.1. The molecule has 2 heterocycles. The monoisotopic (exact) mass is 309 g/mol. The zero-order valence-electron chi connectivity index (χ0n) is 10.8. The van der Waals surface area contributed by atoms with E-state index in [1.807, 2.05) is 30.8 Å². The number of nitrogens with zero attached hydrogens (tertiary/aromatic N) is 3. The highest BCUT2D eigenvalue weighted by molar-refractivity contribution is 9.10. The molecule has 0 unspecified atom stereocenters. The van der Waals surface area contributed by atoms with Gasteiger partial charge in [-0.25, -0.2) is 0 Å². The van der Waals surface area contributed by atoms with Crippen molar-refractivity contribution >= 4 is 15.9 Å². The lowest BCUT2D eigenvalue weighted by molar-refractivity contribution is 0.646. The first-order valence-electron chi connectivity index (χ1n) is 5.91. The van der Waals surface area contributed by atoms with Crippen LogP contribution >= 0.6 is 15.9 Å². The Balaban J connectivity index is 2.43. The van der Waals surface area contributed by atoms with Gasteiger partial charge >= 0.3 is 0 Å². The Kier molecular flexibility index (Phi) is 3.71. The lowest BCUT2D eigenvalue weighted by atomic mass is 10.3. The minimum absolute atomic E-state index is 0.0450. The van der Waals surface area contributed by atoms with Gasteiger partial charge in [-0.3, -0.25) is 9.48 Å². The quantitative estimate of drug-likeness (QED) is 0.872. The summed E-state index contributed by atoms with van der Waals surface area (Å²) in [7, 11) is 1.90. The van der Waals surface area contributed by atoms with Crippen molar-refractivity contribution in [3.63, 3.8) is 0 Å². The van der Waals surface area contributed by atoms with Gasteiger partial charge in [-0.1, -0.05) is 13.0 Å². The van der Waals surface area contributed by atoms with E-state index >= 15 is 0 Å². The number of hydrogen-bond donors (Lipinski definition) is 0. The molecule has 0 spiro atoms. The number of rotatable bonds is 3. The Hall–Kier alpha value is -1.36. The molecular weight excluding hydrogens is 294 g/mol. The molecule has 0 saturated carbocycles. The van der Waals surface area contributed by atoms with Crippen LogP contribution in [-0.2, 0) is 20.0 Å². The van der Waals surface area contributed by atoms with Crippen molar-refractivity contribution < 1.29 is 0 Å². The molecule has 4 nitrogen and oxygen atoms in total. The predicted molar refractivity (Wildman–Crippen MR) is 74.8 cm³/mol. The molecule has 2 rings (SSSR count). The smallest absolute Gasteiger partial charge is 0.253 e. The fourth-order valence-corrected chi connectivity index (χ4v) is 2.68. The number of aryl methyl sites for hydroxylation is 3. The van der Waals surface area contributed by atoms with E-state index in [1.54, 1.807) is 10.8 Å². The fraction of sp³-hybridized carbons (Fsp3) is 0.385. The van der Waals surface area contributed by atoms with Gasteiger partial charge < -0.3 is 4.57 Å². The van der Waals surface area contributed by atoms with Crippen LogP contribution in [0.4, 0.5) is 0 Å². The molecule has 5 heteroatoms. The van der Waals surface area contributed by atoms with Crippen LogP contribution in [0, 0.1) is 6.92 Å². The van der Waals surface area contributed by atoms with E-state index in [1.165, 1.54) is 0 Å². The second-order valence-electron chi connectivity index (χ2n) is 4.31. The van der Waals surface area contributed by atoms with Crippen molar-refractivity contribution in [3.05, 3.63) is 50.1 Å². The molecule has 18 heavy (non-hydrogen) atoms. The summed E-state index contributed by atoms with van der Waals surface area (Å²) >= 11 is 3.56. The third kappa shape index (κ3) is 2.27. The van der Waals surface area contributed by atoms with Gasteiger partial charge in [0, 0.05) is 18.8 Å². The third-order valence-corrected chi connectivity index (χ3v) is 3.95. The van der Waals surface area contributed by atoms with Crippen molar-refractivity contribution in [3.8, 4) is 0 Å². The standard InChI is InChI=1S/C13H16BrN3O/c1-4-10-12(14)11(16(3)15-10)8-17-7-5-6-9(2)13(17)18/h5-7H,4,8H2,1-3H3. The summed E-state index contributed by atoms with van der Waals surface area (Å²) < 4.78 is 4.54. The summed E-state index contributed by atoms with van der Waals surface area (Å²) in [6, 6.07) is 3.72. The lowest BCUT2D eigenvalue weighted by Gasteiger charge is -2.07. The van der Waals surface area contributed by atoms with Crippen molar-refractivity contribution in [2.75, 3.05) is 0 Å². The van der Waals surface area contributed by atoms with E-state index in [0.717, 1.165) is 27.8 Å². The Morgan fingerprint density at radius 3 is 2.78 bits per heavy atom. The van der Waals surface area contributed by atoms with Gasteiger partial charge in [-0.05, 0) is 35.3 Å². The molecule has 96 valence electrons. The van der Waals surface area contributed by atoms with Crippen LogP contribution in [0.3, 0.4) is 0 Å². The SMILES string of the molecule is CCc1nn(C)c(Cn2cccc(C)c2=O)c1Br. The highest BCUT2D eigenvalue weighted by Gasteiger charge is 2.13. The number of halogens is 1. The third-order valence-electron chi connectivity index (χ3n) is 3.03. The molecule has 0 bridgehead atoms. The molecule has 0 aromatic carbocycles. The van der Waals surface area contributed by atoms with Gasteiger partial charge in [0.15, 0.2) is 0 Å². The van der Waals surface area contributed by atoms with Crippen molar-refractivity contribution in [2.45, 2.75) is 26.8 Å². The second-order valence-corrected chi connectivity index (χ2v) is 5.10. The van der Waals surface area contributed by atoms with Gasteiger partial charge in [-0.2, -0.15) is 5.10 Å². The first-order chi connectivity index (χ1) is 8.54. The summed E-state index contributed by atoms with van der Waals surface area (Å²) in [6.45, 7) is 4.43. The maximum absolute atomic E-state index is 12.0. The van der Waals surface area contributed by atoms with Gasteiger partial charge in [0.25, 0.3) is 5.56 Å². The van der Waals surface area contributed by atoms with Crippen LogP contribution in [-0.4, -0.2) is 14.3 Å². The zero-order valence-corrected chi connectivity index (χ0v) is 12.4. The summed E-state index contributed by atoms with van der Waals surface area (Å²) in [5.41, 5.74) is 2.84. The minimum atomic E-state index is 0.0450. The maximum Gasteiger partial charge on any atom is 0.253 e. The van der Waals surface area contributed by atoms with Crippen LogP contribution in [0.25, 0.3) is 0 Å². The molecule has 0 fully saturated rings. The topological polar surface area (TPSA) is 39.8 Å². The molecule has 0 atom stereocenters. The Morgan fingerprint density at radius 1 is 1.44 bits per heavy atom. The van der Waals surface area contributed by atoms with E-state index in [0.29, 0.717) is 6.54 Å². The van der Waals surface area contributed by atoms with E-state index in [-0.39, 0.29) is 5.56 Å².